The minimum Gasteiger partial charge on any atom is -0.497 e. The van der Waals surface area contributed by atoms with Crippen molar-refractivity contribution in [3.8, 4) is 11.5 Å². The molecule has 0 saturated carbocycles. The molecule has 0 radical (unpaired) electrons. The van der Waals surface area contributed by atoms with Crippen LogP contribution < -0.4 is 9.47 Å². The van der Waals surface area contributed by atoms with Crippen LogP contribution in [0.2, 0.25) is 0 Å². The van der Waals surface area contributed by atoms with Crippen molar-refractivity contribution in [2.75, 3.05) is 40.4 Å². The van der Waals surface area contributed by atoms with E-state index in [9.17, 15) is 26.4 Å². The highest BCUT2D eigenvalue weighted by molar-refractivity contribution is 7.89. The second-order valence-electron chi connectivity index (χ2n) is 10.6. The van der Waals surface area contributed by atoms with Gasteiger partial charge < -0.3 is 14.4 Å². The number of piperidine rings is 2. The lowest BCUT2D eigenvalue weighted by molar-refractivity contribution is -0.137. The van der Waals surface area contributed by atoms with Crippen molar-refractivity contribution in [3.63, 3.8) is 0 Å². The molecule has 1 amide bonds. The Bertz CT molecular complexity index is 1270. The van der Waals surface area contributed by atoms with Crippen molar-refractivity contribution in [3.05, 3.63) is 53.6 Å². The molecule has 2 aromatic rings. The fourth-order valence-corrected chi connectivity index (χ4v) is 7.33. The van der Waals surface area contributed by atoms with E-state index in [1.807, 2.05) is 0 Å². The van der Waals surface area contributed by atoms with E-state index in [0.29, 0.717) is 49.5 Å². The Balaban J connectivity index is 1.20. The molecule has 2 aliphatic heterocycles. The van der Waals surface area contributed by atoms with E-state index in [0.717, 1.165) is 57.1 Å². The number of likely N-dealkylation sites (tertiary alicyclic amines) is 1. The quantitative estimate of drug-likeness (QED) is 0.371. The van der Waals surface area contributed by atoms with Crippen molar-refractivity contribution in [2.24, 2.45) is 11.8 Å². The van der Waals surface area contributed by atoms with Crippen molar-refractivity contribution in [1.29, 1.82) is 0 Å². The maximum Gasteiger partial charge on any atom is 0.416 e. The van der Waals surface area contributed by atoms with Gasteiger partial charge in [-0.15, -0.1) is 0 Å². The van der Waals surface area contributed by atoms with Gasteiger partial charge in [-0.1, -0.05) is 25.3 Å². The van der Waals surface area contributed by atoms with Crippen LogP contribution in [0, 0.1) is 11.8 Å². The molecule has 0 aromatic heterocycles. The molecule has 7 nitrogen and oxygen atoms in total. The first-order chi connectivity index (χ1) is 19.0. The smallest absolute Gasteiger partial charge is 0.416 e. The lowest BCUT2D eigenvalue weighted by Crippen LogP contribution is -2.39. The summed E-state index contributed by atoms with van der Waals surface area (Å²) in [6, 6.07) is 9.39. The fraction of sp³-hybridized carbons (Fsp3) is 0.552. The second kappa shape index (κ2) is 12.8. The predicted molar refractivity (Wildman–Crippen MR) is 145 cm³/mol. The van der Waals surface area contributed by atoms with Crippen molar-refractivity contribution in [1.82, 2.24) is 9.21 Å². The normalized spacial score (nSPS) is 18.1. The van der Waals surface area contributed by atoms with Crippen LogP contribution in [0.25, 0.3) is 0 Å². The first-order valence-corrected chi connectivity index (χ1v) is 15.2. The third-order valence-electron chi connectivity index (χ3n) is 8.13. The SMILES string of the molecule is COc1ccc(OC)c(S(=O)(=O)N2CCC(CCCC3CCN(C(=O)c4cccc(C(F)(F)F)c4)CC3)CC2)c1. The number of nitrogens with zero attached hydrogens (tertiary/aromatic N) is 2. The summed E-state index contributed by atoms with van der Waals surface area (Å²) in [5, 5.41) is 0. The number of ether oxygens (including phenoxy) is 2. The molecule has 0 spiro atoms. The summed E-state index contributed by atoms with van der Waals surface area (Å²) in [6.07, 6.45) is 1.90. The average Bonchev–Trinajstić information content (AvgIpc) is 2.96. The van der Waals surface area contributed by atoms with Gasteiger partial charge in [0.1, 0.15) is 16.4 Å². The molecule has 0 aliphatic carbocycles. The molecular weight excluding hydrogens is 545 g/mol. The maximum atomic E-state index is 13.3. The van der Waals surface area contributed by atoms with Crippen LogP contribution >= 0.6 is 0 Å². The van der Waals surface area contributed by atoms with Crippen LogP contribution in [0.5, 0.6) is 11.5 Å². The van der Waals surface area contributed by atoms with E-state index >= 15 is 0 Å². The van der Waals surface area contributed by atoms with E-state index in [4.69, 9.17) is 9.47 Å². The van der Waals surface area contributed by atoms with E-state index < -0.39 is 21.8 Å². The average molecular weight is 583 g/mol. The summed E-state index contributed by atoms with van der Waals surface area (Å²) in [4.78, 5) is 14.5. The second-order valence-corrected chi connectivity index (χ2v) is 12.5. The highest BCUT2D eigenvalue weighted by atomic mass is 32.2. The van der Waals surface area contributed by atoms with Crippen LogP contribution in [0.15, 0.2) is 47.4 Å². The minimum atomic E-state index is -4.47. The molecule has 2 heterocycles. The van der Waals surface area contributed by atoms with Crippen LogP contribution in [-0.2, 0) is 16.2 Å². The molecule has 0 N–H and O–H groups in total. The topological polar surface area (TPSA) is 76.2 Å². The van der Waals surface area contributed by atoms with Gasteiger partial charge in [0.05, 0.1) is 19.8 Å². The molecule has 2 saturated heterocycles. The number of halogens is 3. The van der Waals surface area contributed by atoms with Gasteiger partial charge >= 0.3 is 6.18 Å². The van der Waals surface area contributed by atoms with Crippen LogP contribution in [0.1, 0.15) is 60.9 Å². The van der Waals surface area contributed by atoms with E-state index in [-0.39, 0.29) is 16.4 Å². The summed E-state index contributed by atoms with van der Waals surface area (Å²) in [7, 11) is -0.757. The number of benzene rings is 2. The van der Waals surface area contributed by atoms with Gasteiger partial charge in [0.15, 0.2) is 0 Å². The molecule has 40 heavy (non-hydrogen) atoms. The van der Waals surface area contributed by atoms with Crippen molar-refractivity contribution < 1.29 is 35.9 Å². The Morgan fingerprint density at radius 1 is 0.900 bits per heavy atom. The largest absolute Gasteiger partial charge is 0.497 e. The van der Waals surface area contributed by atoms with E-state index in [1.165, 1.54) is 36.7 Å². The molecule has 0 unspecified atom stereocenters. The lowest BCUT2D eigenvalue weighted by atomic mass is 9.87. The molecule has 4 rings (SSSR count). The Kier molecular flexibility index (Phi) is 9.66. The number of carbonyl (C=O) groups excluding carboxylic acids is 1. The van der Waals surface area contributed by atoms with Crippen LogP contribution in [0.4, 0.5) is 13.2 Å². The molecule has 2 aromatic carbocycles. The fourth-order valence-electron chi connectivity index (χ4n) is 5.69. The molecular formula is C29H37F3N2O5S. The zero-order valence-electron chi connectivity index (χ0n) is 23.0. The van der Waals surface area contributed by atoms with Crippen molar-refractivity contribution in [2.45, 2.75) is 56.0 Å². The summed E-state index contributed by atoms with van der Waals surface area (Å²) >= 11 is 0. The lowest BCUT2D eigenvalue weighted by Gasteiger charge is -2.33. The molecule has 0 bridgehead atoms. The maximum absolute atomic E-state index is 13.3. The van der Waals surface area contributed by atoms with E-state index in [1.54, 1.807) is 17.0 Å². The van der Waals surface area contributed by atoms with Crippen LogP contribution in [0.3, 0.4) is 0 Å². The highest BCUT2D eigenvalue weighted by Crippen LogP contribution is 2.34. The Hall–Kier alpha value is -2.79. The van der Waals surface area contributed by atoms with Gasteiger partial charge in [-0.05, 0) is 67.9 Å². The standard InChI is InChI=1S/C29H37F3N2O5S/c1-38-25-9-10-26(39-2)27(20-25)40(36,37)34-17-13-22(14-18-34)6-3-5-21-11-15-33(16-12-21)28(35)23-7-4-8-24(19-23)29(30,31)32/h4,7-10,19-22H,3,5-6,11-18H2,1-2H3. The van der Waals surface area contributed by atoms with Crippen molar-refractivity contribution >= 4 is 15.9 Å². The minimum absolute atomic E-state index is 0.0754. The van der Waals surface area contributed by atoms with Gasteiger partial charge in [0.25, 0.3) is 5.91 Å². The Labute approximate surface area is 234 Å². The number of rotatable bonds is 9. The number of alkyl halides is 3. The number of hydrogen-bond acceptors (Lipinski definition) is 5. The molecule has 11 heteroatoms. The summed E-state index contributed by atoms with van der Waals surface area (Å²) in [5.41, 5.74) is -0.733. The zero-order valence-corrected chi connectivity index (χ0v) is 23.8. The molecule has 2 fully saturated rings. The van der Waals surface area contributed by atoms with E-state index in [2.05, 4.69) is 0 Å². The first kappa shape index (κ1) is 30.2. The highest BCUT2D eigenvalue weighted by Gasteiger charge is 2.33. The number of carbonyl (C=O) groups is 1. The third kappa shape index (κ3) is 7.09. The summed E-state index contributed by atoms with van der Waals surface area (Å²) in [5.74, 6) is 1.34. The molecule has 220 valence electrons. The van der Waals surface area contributed by atoms with Gasteiger partial charge in [0, 0.05) is 37.8 Å². The number of sulfonamides is 1. The summed E-state index contributed by atoms with van der Waals surface area (Å²) < 4.78 is 77.7. The Morgan fingerprint density at radius 3 is 2.10 bits per heavy atom. The Morgan fingerprint density at radius 2 is 1.52 bits per heavy atom. The monoisotopic (exact) mass is 582 g/mol. The third-order valence-corrected chi connectivity index (χ3v) is 10.0. The van der Waals surface area contributed by atoms with Crippen LogP contribution in [-0.4, -0.2) is 63.9 Å². The first-order valence-electron chi connectivity index (χ1n) is 13.7. The summed E-state index contributed by atoms with van der Waals surface area (Å²) in [6.45, 7) is 2.01. The number of methoxy groups -OCH3 is 2. The predicted octanol–water partition coefficient (Wildman–Crippen LogP) is 5.85. The molecule has 0 atom stereocenters. The number of hydrogen-bond donors (Lipinski definition) is 0. The van der Waals surface area contributed by atoms with Gasteiger partial charge in [-0.3, -0.25) is 4.79 Å². The van der Waals surface area contributed by atoms with Gasteiger partial charge in [-0.2, -0.15) is 17.5 Å². The molecule has 2 aliphatic rings. The zero-order chi connectivity index (χ0) is 28.9. The van der Waals surface area contributed by atoms with Gasteiger partial charge in [-0.25, -0.2) is 8.42 Å². The number of amides is 1. The van der Waals surface area contributed by atoms with Gasteiger partial charge in [0.2, 0.25) is 10.0 Å².